The summed E-state index contributed by atoms with van der Waals surface area (Å²) in [5, 5.41) is 2.63. The summed E-state index contributed by atoms with van der Waals surface area (Å²) in [7, 11) is 0. The van der Waals surface area contributed by atoms with Gasteiger partial charge in [0.2, 0.25) is 5.91 Å². The molecule has 0 aliphatic carbocycles. The minimum atomic E-state index is -4.39. The minimum absolute atomic E-state index is 0.0867. The quantitative estimate of drug-likeness (QED) is 0.649. The average molecular weight is 363 g/mol. The highest BCUT2D eigenvalue weighted by Gasteiger charge is 2.30. The molecule has 0 saturated heterocycles. The van der Waals surface area contributed by atoms with Crippen LogP contribution in [0.2, 0.25) is 0 Å². The van der Waals surface area contributed by atoms with Crippen LogP contribution in [0.5, 0.6) is 0 Å². The number of carbonyl (C=O) groups is 1. The summed E-state index contributed by atoms with van der Waals surface area (Å²) in [5.74, 6) is 5.37. The maximum absolute atomic E-state index is 12.6. The van der Waals surface area contributed by atoms with Gasteiger partial charge in [-0.05, 0) is 36.8 Å². The highest BCUT2D eigenvalue weighted by Crippen LogP contribution is 2.29. The molecule has 1 N–H and O–H groups in total. The maximum Gasteiger partial charge on any atom is 0.416 e. The summed E-state index contributed by atoms with van der Waals surface area (Å²) in [6.07, 6.45) is -4.39. The van der Waals surface area contributed by atoms with Gasteiger partial charge in [0.25, 0.3) is 0 Å². The van der Waals surface area contributed by atoms with Crippen molar-refractivity contribution in [3.63, 3.8) is 0 Å². The van der Waals surface area contributed by atoms with Crippen LogP contribution in [0.4, 0.5) is 13.2 Å². The van der Waals surface area contributed by atoms with Gasteiger partial charge >= 0.3 is 6.18 Å². The molecule has 0 radical (unpaired) electrons. The summed E-state index contributed by atoms with van der Waals surface area (Å²) in [6.45, 7) is 2.06. The Morgan fingerprint density at radius 1 is 1.16 bits per heavy atom. The van der Waals surface area contributed by atoms with Crippen molar-refractivity contribution in [3.8, 4) is 11.8 Å². The van der Waals surface area contributed by atoms with Crippen molar-refractivity contribution in [2.45, 2.75) is 18.0 Å². The molecule has 0 saturated carbocycles. The zero-order valence-electron chi connectivity index (χ0n) is 13.5. The average Bonchev–Trinajstić information content (AvgIpc) is 2.57. The Balaban J connectivity index is 1.82. The molecule has 6 heteroatoms. The number of alkyl halides is 3. The van der Waals surface area contributed by atoms with Crippen molar-refractivity contribution in [2.75, 3.05) is 12.3 Å². The zero-order valence-corrected chi connectivity index (χ0v) is 14.3. The van der Waals surface area contributed by atoms with E-state index in [-0.39, 0.29) is 23.8 Å². The van der Waals surface area contributed by atoms with E-state index in [4.69, 9.17) is 0 Å². The second kappa shape index (κ2) is 8.63. The third-order valence-corrected chi connectivity index (χ3v) is 4.42. The number of halogens is 3. The molecule has 1 amide bonds. The second-order valence-electron chi connectivity index (χ2n) is 5.21. The molecule has 25 heavy (non-hydrogen) atoms. The lowest BCUT2D eigenvalue weighted by molar-refractivity contribution is -0.137. The third kappa shape index (κ3) is 6.20. The fourth-order valence-corrected chi connectivity index (χ4v) is 2.83. The monoisotopic (exact) mass is 363 g/mol. The Morgan fingerprint density at radius 2 is 1.92 bits per heavy atom. The van der Waals surface area contributed by atoms with Gasteiger partial charge in [-0.1, -0.05) is 36.1 Å². The Labute approximate surface area is 148 Å². The summed E-state index contributed by atoms with van der Waals surface area (Å²) in [5.41, 5.74) is 0.626. The van der Waals surface area contributed by atoms with E-state index in [0.717, 1.165) is 22.6 Å². The predicted molar refractivity (Wildman–Crippen MR) is 93.2 cm³/mol. The van der Waals surface area contributed by atoms with Gasteiger partial charge in [0.05, 0.1) is 17.9 Å². The van der Waals surface area contributed by atoms with Crippen LogP contribution in [-0.2, 0) is 11.0 Å². The smallest absolute Gasteiger partial charge is 0.344 e. The Bertz CT molecular complexity index is 806. The lowest BCUT2D eigenvalue weighted by Gasteiger charge is -2.06. The minimum Gasteiger partial charge on any atom is -0.344 e. The van der Waals surface area contributed by atoms with Crippen molar-refractivity contribution in [1.29, 1.82) is 0 Å². The van der Waals surface area contributed by atoms with Crippen LogP contribution in [0.3, 0.4) is 0 Å². The van der Waals surface area contributed by atoms with Crippen LogP contribution in [0.1, 0.15) is 16.7 Å². The van der Waals surface area contributed by atoms with Crippen LogP contribution in [0.15, 0.2) is 53.4 Å². The van der Waals surface area contributed by atoms with E-state index in [9.17, 15) is 18.0 Å². The number of hydrogen-bond donors (Lipinski definition) is 1. The first-order valence-corrected chi connectivity index (χ1v) is 8.46. The van der Waals surface area contributed by atoms with Gasteiger partial charge in [0.15, 0.2) is 0 Å². The normalized spacial score (nSPS) is 10.7. The largest absolute Gasteiger partial charge is 0.416 e. The lowest BCUT2D eigenvalue weighted by Crippen LogP contribution is -2.25. The number of hydrogen-bond acceptors (Lipinski definition) is 2. The molecule has 130 valence electrons. The highest BCUT2D eigenvalue weighted by atomic mass is 32.2. The van der Waals surface area contributed by atoms with Crippen LogP contribution in [0.25, 0.3) is 0 Å². The summed E-state index contributed by atoms with van der Waals surface area (Å²) in [6, 6.07) is 12.6. The first-order chi connectivity index (χ1) is 11.9. The van der Waals surface area contributed by atoms with Crippen molar-refractivity contribution >= 4 is 17.7 Å². The molecule has 0 bridgehead atoms. The Hall–Kier alpha value is -2.39. The molecule has 0 aliphatic rings. The lowest BCUT2D eigenvalue weighted by atomic mass is 10.1. The van der Waals surface area contributed by atoms with E-state index in [2.05, 4.69) is 17.2 Å². The van der Waals surface area contributed by atoms with Crippen molar-refractivity contribution in [1.82, 2.24) is 5.32 Å². The first kappa shape index (κ1) is 18.9. The van der Waals surface area contributed by atoms with Crippen molar-refractivity contribution in [2.24, 2.45) is 0 Å². The molecule has 0 heterocycles. The molecule has 0 aliphatic heterocycles. The van der Waals surface area contributed by atoms with Gasteiger partial charge in [-0.3, -0.25) is 4.79 Å². The number of thioether (sulfide) groups is 1. The number of aryl methyl sites for hydroxylation is 1. The number of carbonyl (C=O) groups excluding carboxylic acids is 1. The van der Waals surface area contributed by atoms with Gasteiger partial charge in [0.1, 0.15) is 0 Å². The molecule has 2 rings (SSSR count). The molecular weight excluding hydrogens is 347 g/mol. The molecular formula is C19H16F3NOS. The Morgan fingerprint density at radius 3 is 2.64 bits per heavy atom. The number of benzene rings is 2. The molecule has 2 nitrogen and oxygen atoms in total. The third-order valence-electron chi connectivity index (χ3n) is 3.25. The van der Waals surface area contributed by atoms with E-state index in [1.54, 1.807) is 0 Å². The van der Waals surface area contributed by atoms with Crippen LogP contribution < -0.4 is 5.32 Å². The van der Waals surface area contributed by atoms with E-state index >= 15 is 0 Å². The highest BCUT2D eigenvalue weighted by molar-refractivity contribution is 8.00. The predicted octanol–water partition coefficient (Wildman–Crippen LogP) is 4.27. The fraction of sp³-hybridized carbons (Fsp3) is 0.211. The van der Waals surface area contributed by atoms with Crippen molar-refractivity contribution < 1.29 is 18.0 Å². The van der Waals surface area contributed by atoms with Crippen LogP contribution >= 0.6 is 11.8 Å². The number of rotatable bonds is 4. The summed E-state index contributed by atoms with van der Waals surface area (Å²) in [4.78, 5) is 12.8. The molecule has 2 aromatic rings. The molecule has 0 unspecified atom stereocenters. The molecule has 2 aromatic carbocycles. The SMILES string of the molecule is Cc1ccccc1SCC(=O)NCC#Cc1cccc(C(F)(F)F)c1. The van der Waals surface area contributed by atoms with E-state index in [0.29, 0.717) is 0 Å². The molecule has 0 aromatic heterocycles. The van der Waals surface area contributed by atoms with Gasteiger partial charge in [-0.2, -0.15) is 13.2 Å². The molecule has 0 spiro atoms. The first-order valence-electron chi connectivity index (χ1n) is 7.47. The van der Waals surface area contributed by atoms with Crippen LogP contribution in [0, 0.1) is 18.8 Å². The standard InChI is InChI=1S/C19H16F3NOS/c1-14-6-2-3-10-17(14)25-13-18(24)23-11-5-8-15-7-4-9-16(12-15)19(20,21)22/h2-4,6-7,9-10,12H,11,13H2,1H3,(H,23,24). The van der Waals surface area contributed by atoms with Crippen LogP contribution in [-0.4, -0.2) is 18.2 Å². The van der Waals surface area contributed by atoms with E-state index in [1.165, 1.54) is 23.9 Å². The van der Waals surface area contributed by atoms with Gasteiger partial charge < -0.3 is 5.32 Å². The summed E-state index contributed by atoms with van der Waals surface area (Å²) >= 11 is 1.43. The number of nitrogens with one attached hydrogen (secondary N) is 1. The fourth-order valence-electron chi connectivity index (χ4n) is 1.98. The van der Waals surface area contributed by atoms with Gasteiger partial charge in [-0.15, -0.1) is 11.8 Å². The topological polar surface area (TPSA) is 29.1 Å². The van der Waals surface area contributed by atoms with E-state index < -0.39 is 11.7 Å². The second-order valence-corrected chi connectivity index (χ2v) is 6.23. The summed E-state index contributed by atoms with van der Waals surface area (Å²) < 4.78 is 37.8. The zero-order chi connectivity index (χ0) is 18.3. The molecule has 0 atom stereocenters. The Kier molecular flexibility index (Phi) is 6.54. The number of amides is 1. The van der Waals surface area contributed by atoms with Gasteiger partial charge in [-0.25, -0.2) is 0 Å². The van der Waals surface area contributed by atoms with Crippen molar-refractivity contribution in [3.05, 3.63) is 65.2 Å². The maximum atomic E-state index is 12.6. The van der Waals surface area contributed by atoms with E-state index in [1.807, 2.05) is 31.2 Å². The van der Waals surface area contributed by atoms with Gasteiger partial charge in [0, 0.05) is 10.5 Å². The molecule has 0 fully saturated rings.